The van der Waals surface area contributed by atoms with Crippen molar-refractivity contribution < 1.29 is 9.90 Å². The average Bonchev–Trinajstić information content (AvgIpc) is 2.75. The SMILES string of the molecule is CSc1cccc(NC(=S)N(Cc2ccccc2C)CC2CCC(C(=O)O)CC2)c1. The van der Waals surface area contributed by atoms with Crippen LogP contribution in [0.1, 0.15) is 36.8 Å². The molecule has 0 amide bonds. The topological polar surface area (TPSA) is 52.6 Å². The van der Waals surface area contributed by atoms with E-state index in [2.05, 4.69) is 59.8 Å². The Bertz CT molecular complexity index is 879. The molecule has 3 rings (SSSR count). The third-order valence-corrected chi connectivity index (χ3v) is 6.99. The first-order chi connectivity index (χ1) is 14.5. The molecule has 0 bridgehead atoms. The molecule has 0 atom stereocenters. The molecule has 2 N–H and O–H groups in total. The van der Waals surface area contributed by atoms with E-state index in [1.165, 1.54) is 16.0 Å². The number of nitrogens with zero attached hydrogens (tertiary/aromatic N) is 1. The zero-order valence-electron chi connectivity index (χ0n) is 17.6. The van der Waals surface area contributed by atoms with E-state index in [-0.39, 0.29) is 5.92 Å². The van der Waals surface area contributed by atoms with Gasteiger partial charge in [0.25, 0.3) is 0 Å². The van der Waals surface area contributed by atoms with E-state index in [0.29, 0.717) is 5.92 Å². The Morgan fingerprint density at radius 3 is 2.57 bits per heavy atom. The van der Waals surface area contributed by atoms with Crippen molar-refractivity contribution in [1.29, 1.82) is 0 Å². The molecule has 4 nitrogen and oxygen atoms in total. The van der Waals surface area contributed by atoms with Crippen molar-refractivity contribution in [3.63, 3.8) is 0 Å². The maximum absolute atomic E-state index is 11.3. The van der Waals surface area contributed by atoms with Gasteiger partial charge in [-0.05, 0) is 86.3 Å². The molecule has 0 radical (unpaired) electrons. The number of thiocarbonyl (C=S) groups is 1. The molecule has 30 heavy (non-hydrogen) atoms. The van der Waals surface area contributed by atoms with Gasteiger partial charge < -0.3 is 15.3 Å². The Balaban J connectivity index is 1.72. The van der Waals surface area contributed by atoms with Crippen molar-refractivity contribution in [2.75, 3.05) is 18.1 Å². The first-order valence-electron chi connectivity index (χ1n) is 10.4. The number of carboxylic acids is 1. The van der Waals surface area contributed by atoms with Crippen LogP contribution in [0.25, 0.3) is 0 Å². The van der Waals surface area contributed by atoms with Gasteiger partial charge in [0.1, 0.15) is 0 Å². The van der Waals surface area contributed by atoms with Gasteiger partial charge in [0.2, 0.25) is 0 Å². The second-order valence-electron chi connectivity index (χ2n) is 8.03. The van der Waals surface area contributed by atoms with Crippen molar-refractivity contribution in [1.82, 2.24) is 4.90 Å². The summed E-state index contributed by atoms with van der Waals surface area (Å²) in [5, 5.41) is 13.4. The van der Waals surface area contributed by atoms with Crippen molar-refractivity contribution in [2.24, 2.45) is 11.8 Å². The monoisotopic (exact) mass is 442 g/mol. The van der Waals surface area contributed by atoms with Gasteiger partial charge in [-0.25, -0.2) is 0 Å². The number of anilines is 1. The minimum absolute atomic E-state index is 0.189. The number of rotatable bonds is 7. The van der Waals surface area contributed by atoms with Gasteiger partial charge in [-0.3, -0.25) is 4.79 Å². The Labute approximate surface area is 189 Å². The fraction of sp³-hybridized carbons (Fsp3) is 0.417. The zero-order chi connectivity index (χ0) is 21.5. The van der Waals surface area contributed by atoms with E-state index in [1.54, 1.807) is 11.8 Å². The minimum Gasteiger partial charge on any atom is -0.481 e. The summed E-state index contributed by atoms with van der Waals surface area (Å²) >= 11 is 7.54. The molecule has 6 heteroatoms. The highest BCUT2D eigenvalue weighted by Gasteiger charge is 2.27. The molecule has 1 fully saturated rings. The number of carboxylic acid groups (broad SMARTS) is 1. The van der Waals surface area contributed by atoms with E-state index in [9.17, 15) is 9.90 Å². The number of nitrogens with one attached hydrogen (secondary N) is 1. The summed E-state index contributed by atoms with van der Waals surface area (Å²) in [6, 6.07) is 16.7. The zero-order valence-corrected chi connectivity index (χ0v) is 19.3. The molecule has 0 aliphatic heterocycles. The normalized spacial score (nSPS) is 18.6. The lowest BCUT2D eigenvalue weighted by Crippen LogP contribution is -2.39. The van der Waals surface area contributed by atoms with Crippen LogP contribution in [0.5, 0.6) is 0 Å². The molecule has 1 saturated carbocycles. The molecule has 0 saturated heterocycles. The fourth-order valence-corrected chi connectivity index (χ4v) is 4.74. The second-order valence-corrected chi connectivity index (χ2v) is 9.29. The van der Waals surface area contributed by atoms with Crippen molar-refractivity contribution in [2.45, 2.75) is 44.0 Å². The standard InChI is InChI=1S/C24H30N2O2S2/c1-17-6-3-4-7-20(17)16-26(15-18-10-12-19(13-11-18)23(27)28)24(29)25-21-8-5-9-22(14-21)30-2/h3-9,14,18-19H,10-13,15-16H2,1-2H3,(H,25,29)(H,27,28). The lowest BCUT2D eigenvalue weighted by atomic mass is 9.82. The van der Waals surface area contributed by atoms with Gasteiger partial charge in [-0.1, -0.05) is 30.3 Å². The van der Waals surface area contributed by atoms with Crippen LogP contribution in [0.2, 0.25) is 0 Å². The number of hydrogen-bond acceptors (Lipinski definition) is 3. The summed E-state index contributed by atoms with van der Waals surface area (Å²) in [5.74, 6) is -0.386. The molecule has 0 unspecified atom stereocenters. The van der Waals surface area contributed by atoms with E-state index in [0.717, 1.165) is 49.6 Å². The van der Waals surface area contributed by atoms with Gasteiger partial charge >= 0.3 is 5.97 Å². The summed E-state index contributed by atoms with van der Waals surface area (Å²) < 4.78 is 0. The second kappa shape index (κ2) is 10.8. The molecule has 160 valence electrons. The number of benzene rings is 2. The molecule has 1 aliphatic rings. The van der Waals surface area contributed by atoms with Crippen LogP contribution in [0.15, 0.2) is 53.4 Å². The molecule has 0 spiro atoms. The number of aliphatic carboxylic acids is 1. The highest BCUT2D eigenvalue weighted by atomic mass is 32.2. The van der Waals surface area contributed by atoms with Gasteiger partial charge in [0.15, 0.2) is 5.11 Å². The number of hydrogen-bond donors (Lipinski definition) is 2. The Hall–Kier alpha value is -2.05. The molecule has 2 aromatic carbocycles. The predicted octanol–water partition coefficient (Wildman–Crippen LogP) is 5.81. The van der Waals surface area contributed by atoms with Crippen LogP contribution in [0.4, 0.5) is 5.69 Å². The van der Waals surface area contributed by atoms with Gasteiger partial charge in [0, 0.05) is 23.7 Å². The quantitative estimate of drug-likeness (QED) is 0.417. The van der Waals surface area contributed by atoms with E-state index in [1.807, 2.05) is 12.1 Å². The van der Waals surface area contributed by atoms with Crippen LogP contribution in [0.3, 0.4) is 0 Å². The van der Waals surface area contributed by atoms with E-state index in [4.69, 9.17) is 12.2 Å². The van der Waals surface area contributed by atoms with Crippen molar-refractivity contribution in [3.8, 4) is 0 Å². The first kappa shape index (κ1) is 22.6. The van der Waals surface area contributed by atoms with Gasteiger partial charge in [0.05, 0.1) is 5.92 Å². The largest absolute Gasteiger partial charge is 0.481 e. The van der Waals surface area contributed by atoms with Crippen LogP contribution < -0.4 is 5.32 Å². The number of carbonyl (C=O) groups is 1. The minimum atomic E-state index is -0.656. The summed E-state index contributed by atoms with van der Waals surface area (Å²) in [5.41, 5.74) is 3.51. The Morgan fingerprint density at radius 2 is 1.90 bits per heavy atom. The predicted molar refractivity (Wildman–Crippen MR) is 129 cm³/mol. The van der Waals surface area contributed by atoms with Crippen molar-refractivity contribution >= 4 is 40.7 Å². The maximum atomic E-state index is 11.3. The summed E-state index contributed by atoms with van der Waals surface area (Å²) in [4.78, 5) is 14.7. The van der Waals surface area contributed by atoms with Gasteiger partial charge in [-0.2, -0.15) is 0 Å². The molecule has 0 aromatic heterocycles. The lowest BCUT2D eigenvalue weighted by Gasteiger charge is -2.33. The smallest absolute Gasteiger partial charge is 0.306 e. The highest BCUT2D eigenvalue weighted by Crippen LogP contribution is 2.30. The Kier molecular flexibility index (Phi) is 8.16. The van der Waals surface area contributed by atoms with Crippen LogP contribution >= 0.6 is 24.0 Å². The molecule has 0 heterocycles. The first-order valence-corrected chi connectivity index (χ1v) is 12.1. The van der Waals surface area contributed by atoms with Gasteiger partial charge in [-0.15, -0.1) is 11.8 Å². The fourth-order valence-electron chi connectivity index (χ4n) is 4.02. The van der Waals surface area contributed by atoms with E-state index >= 15 is 0 Å². The van der Waals surface area contributed by atoms with Crippen molar-refractivity contribution in [3.05, 3.63) is 59.7 Å². The van der Waals surface area contributed by atoms with Crippen LogP contribution in [0, 0.1) is 18.8 Å². The highest BCUT2D eigenvalue weighted by molar-refractivity contribution is 7.98. The summed E-state index contributed by atoms with van der Waals surface area (Å²) in [6.45, 7) is 3.72. The molecular weight excluding hydrogens is 412 g/mol. The third-order valence-electron chi connectivity index (χ3n) is 5.91. The molecule has 2 aromatic rings. The van der Waals surface area contributed by atoms with Crippen LogP contribution in [-0.2, 0) is 11.3 Å². The lowest BCUT2D eigenvalue weighted by molar-refractivity contribution is -0.143. The number of thioether (sulfide) groups is 1. The summed E-state index contributed by atoms with van der Waals surface area (Å²) in [6.07, 6.45) is 5.45. The summed E-state index contributed by atoms with van der Waals surface area (Å²) in [7, 11) is 0. The van der Waals surface area contributed by atoms with Crippen LogP contribution in [-0.4, -0.2) is 33.9 Å². The molecular formula is C24H30N2O2S2. The maximum Gasteiger partial charge on any atom is 0.306 e. The van der Waals surface area contributed by atoms with E-state index < -0.39 is 5.97 Å². The molecule has 1 aliphatic carbocycles. The Morgan fingerprint density at radius 1 is 1.17 bits per heavy atom. The number of aryl methyl sites for hydroxylation is 1. The third kappa shape index (κ3) is 6.22. The average molecular weight is 443 g/mol.